The van der Waals surface area contributed by atoms with Gasteiger partial charge in [-0.1, -0.05) is 37.6 Å². The molecule has 0 unspecified atom stereocenters. The molecule has 7 nitrogen and oxygen atoms in total. The van der Waals surface area contributed by atoms with Crippen molar-refractivity contribution in [3.05, 3.63) is 45.3 Å². The van der Waals surface area contributed by atoms with Crippen molar-refractivity contribution in [3.63, 3.8) is 0 Å². The van der Waals surface area contributed by atoms with Crippen molar-refractivity contribution in [3.8, 4) is 11.8 Å². The quantitative estimate of drug-likeness (QED) is 0.764. The maximum Gasteiger partial charge on any atom is 0.255 e. The maximum atomic E-state index is 11.1. The average Bonchev–Trinajstić information content (AvgIpc) is 2.62. The average molecular weight is 381 g/mol. The van der Waals surface area contributed by atoms with E-state index >= 15 is 0 Å². The Hall–Kier alpha value is -2.25. The highest BCUT2D eigenvalue weighted by atomic mass is 35.5. The van der Waals surface area contributed by atoms with E-state index < -0.39 is 11.6 Å². The summed E-state index contributed by atoms with van der Waals surface area (Å²) in [5, 5.41) is 13.0. The Labute approximate surface area is 158 Å². The van der Waals surface area contributed by atoms with Crippen molar-refractivity contribution in [1.82, 2.24) is 9.97 Å². The fourth-order valence-corrected chi connectivity index (χ4v) is 3.20. The van der Waals surface area contributed by atoms with Gasteiger partial charge in [0.15, 0.2) is 0 Å². The molecule has 1 aliphatic heterocycles. The van der Waals surface area contributed by atoms with Crippen molar-refractivity contribution in [2.24, 2.45) is 0 Å². The molecule has 3 N–H and O–H groups in total. The molecule has 26 heavy (non-hydrogen) atoms. The predicted molar refractivity (Wildman–Crippen MR) is 100 cm³/mol. The minimum Gasteiger partial charge on any atom is -0.846 e. The van der Waals surface area contributed by atoms with Crippen molar-refractivity contribution in [2.75, 3.05) is 38.2 Å². The molecule has 0 amide bonds. The molecule has 2 aromatic rings. The molecule has 0 radical (unpaired) electrons. The van der Waals surface area contributed by atoms with Crippen LogP contribution in [-0.2, 0) is 0 Å². The fourth-order valence-electron chi connectivity index (χ4n) is 2.82. The van der Waals surface area contributed by atoms with E-state index in [1.54, 1.807) is 7.11 Å². The molecule has 0 spiro atoms. The van der Waals surface area contributed by atoms with Crippen LogP contribution in [0.5, 0.6) is 11.8 Å². The lowest BCUT2D eigenvalue weighted by Gasteiger charge is -2.28. The van der Waals surface area contributed by atoms with Crippen LogP contribution in [0.2, 0.25) is 5.15 Å². The Morgan fingerprint density at radius 3 is 2.54 bits per heavy atom. The summed E-state index contributed by atoms with van der Waals surface area (Å²) in [6.07, 6.45) is 0. The van der Waals surface area contributed by atoms with Gasteiger partial charge in [0.1, 0.15) is 10.9 Å². The van der Waals surface area contributed by atoms with Gasteiger partial charge in [-0.15, -0.1) is 0 Å². The number of piperazine rings is 1. The van der Waals surface area contributed by atoms with Gasteiger partial charge in [0.25, 0.3) is 5.56 Å². The van der Waals surface area contributed by atoms with Crippen LogP contribution < -0.4 is 25.6 Å². The van der Waals surface area contributed by atoms with E-state index in [2.05, 4.69) is 32.3 Å². The normalized spacial score (nSPS) is 14.0. The number of para-hydroxylation sites is 2. The molecular weight excluding hydrogens is 356 g/mol. The number of aromatic nitrogens is 2. The number of nitrogens with one attached hydrogen (secondary N) is 1. The molecular formula is C18H25ClN4O3. The van der Waals surface area contributed by atoms with Crippen LogP contribution in [0.3, 0.4) is 0 Å². The van der Waals surface area contributed by atoms with Gasteiger partial charge in [-0.05, 0) is 18.1 Å². The van der Waals surface area contributed by atoms with Crippen molar-refractivity contribution in [1.29, 1.82) is 0 Å². The molecule has 8 heteroatoms. The largest absolute Gasteiger partial charge is 0.846 e. The number of anilines is 1. The Morgan fingerprint density at radius 1 is 1.31 bits per heavy atom. The van der Waals surface area contributed by atoms with Crippen LogP contribution in [0.4, 0.5) is 5.69 Å². The summed E-state index contributed by atoms with van der Waals surface area (Å²) in [5.41, 5.74) is 1.13. The molecule has 0 aliphatic carbocycles. The number of aromatic amines is 1. The van der Waals surface area contributed by atoms with Crippen molar-refractivity contribution < 1.29 is 15.2 Å². The highest BCUT2D eigenvalue weighted by Gasteiger charge is 2.15. The molecule has 0 bridgehead atoms. The summed E-state index contributed by atoms with van der Waals surface area (Å²) in [7, 11) is 1.73. The number of hydrogen-bond acceptors (Lipinski definition) is 5. The first kappa shape index (κ1) is 20.1. The minimum absolute atomic E-state index is 0.00116. The second-order valence-electron chi connectivity index (χ2n) is 6.26. The van der Waals surface area contributed by atoms with Crippen molar-refractivity contribution >= 4 is 17.3 Å². The number of ether oxygens (including phenoxy) is 1. The molecule has 1 fully saturated rings. The van der Waals surface area contributed by atoms with Crippen LogP contribution in [-0.4, -0.2) is 43.3 Å². The van der Waals surface area contributed by atoms with E-state index in [1.807, 2.05) is 26.0 Å². The number of rotatable bonds is 3. The summed E-state index contributed by atoms with van der Waals surface area (Å²) < 4.78 is 5.35. The molecule has 1 aromatic carbocycles. The third-order valence-corrected chi connectivity index (χ3v) is 4.38. The van der Waals surface area contributed by atoms with Gasteiger partial charge >= 0.3 is 0 Å². The van der Waals surface area contributed by atoms with E-state index in [0.717, 1.165) is 18.8 Å². The summed E-state index contributed by atoms with van der Waals surface area (Å²) in [5.74, 6) is 0.948. The number of benzene rings is 1. The summed E-state index contributed by atoms with van der Waals surface area (Å²) >= 11 is 5.60. The highest BCUT2D eigenvalue weighted by molar-refractivity contribution is 6.30. The van der Waals surface area contributed by atoms with Gasteiger partial charge in [-0.3, -0.25) is 4.79 Å². The van der Waals surface area contributed by atoms with Gasteiger partial charge in [-0.25, -0.2) is 4.98 Å². The predicted octanol–water partition coefficient (Wildman–Crippen LogP) is 0.699. The zero-order valence-corrected chi connectivity index (χ0v) is 16.0. The smallest absolute Gasteiger partial charge is 0.255 e. The lowest BCUT2D eigenvalue weighted by molar-refractivity contribution is -0.655. The van der Waals surface area contributed by atoms with Gasteiger partial charge < -0.3 is 25.0 Å². The first-order chi connectivity index (χ1) is 12.4. The van der Waals surface area contributed by atoms with Crippen LogP contribution in [0.25, 0.3) is 0 Å². The van der Waals surface area contributed by atoms with Crippen molar-refractivity contribution in [2.45, 2.75) is 19.8 Å². The maximum absolute atomic E-state index is 11.1. The number of hydrogen-bond donors (Lipinski definition) is 2. The molecule has 1 saturated heterocycles. The lowest BCUT2D eigenvalue weighted by atomic mass is 10.1. The van der Waals surface area contributed by atoms with Gasteiger partial charge in [0.05, 0.1) is 50.6 Å². The molecule has 1 aromatic heterocycles. The number of halogens is 1. The van der Waals surface area contributed by atoms with Crippen LogP contribution in [0.15, 0.2) is 29.1 Å². The third kappa shape index (κ3) is 5.12. The van der Waals surface area contributed by atoms with Gasteiger partial charge in [0.2, 0.25) is 0 Å². The molecule has 1 aliphatic rings. The van der Waals surface area contributed by atoms with Crippen LogP contribution in [0.1, 0.15) is 25.3 Å². The minimum atomic E-state index is -0.700. The Kier molecular flexibility index (Phi) is 7.29. The Bertz CT molecular complexity index is 773. The SMILES string of the molecule is CC(C)c1c(Cl)nc([O-])[nH]c1=O.COc1ccccc1N1CC[NH2+]CC1. The number of nitrogens with zero attached hydrogens (tertiary/aromatic N) is 2. The standard InChI is InChI=1S/C11H16N2O.C7H9ClN2O2/c1-14-11-5-3-2-4-10(11)13-8-6-12-7-9-13;1-3(2)4-5(8)9-7(12)10-6(4)11/h2-5,12H,6-9H2,1H3;3H,1-2H3,(H2,9,10,11,12). The van der Waals surface area contributed by atoms with E-state index in [9.17, 15) is 9.90 Å². The zero-order chi connectivity index (χ0) is 19.1. The fraction of sp³-hybridized carbons (Fsp3) is 0.444. The van der Waals surface area contributed by atoms with Crippen LogP contribution >= 0.6 is 11.6 Å². The molecule has 3 rings (SSSR count). The summed E-state index contributed by atoms with van der Waals surface area (Å²) in [4.78, 5) is 19.0. The van der Waals surface area contributed by atoms with E-state index in [0.29, 0.717) is 5.56 Å². The zero-order valence-electron chi connectivity index (χ0n) is 15.3. The van der Waals surface area contributed by atoms with E-state index in [-0.39, 0.29) is 11.1 Å². The number of nitrogens with two attached hydrogens (primary N) is 1. The van der Waals surface area contributed by atoms with Crippen LogP contribution in [0, 0.1) is 0 Å². The third-order valence-electron chi connectivity index (χ3n) is 4.10. The van der Waals surface area contributed by atoms with E-state index in [4.69, 9.17) is 16.3 Å². The molecule has 0 saturated carbocycles. The Morgan fingerprint density at radius 2 is 1.96 bits per heavy atom. The van der Waals surface area contributed by atoms with Gasteiger partial charge in [0, 0.05) is 0 Å². The first-order valence-corrected chi connectivity index (χ1v) is 8.98. The lowest BCUT2D eigenvalue weighted by Crippen LogP contribution is -2.89. The summed E-state index contributed by atoms with van der Waals surface area (Å²) in [6.45, 7) is 8.20. The highest BCUT2D eigenvalue weighted by Crippen LogP contribution is 2.27. The molecule has 2 heterocycles. The number of quaternary nitrogens is 1. The summed E-state index contributed by atoms with van der Waals surface area (Å²) in [6, 6.07) is 7.53. The molecule has 142 valence electrons. The number of methoxy groups -OCH3 is 1. The van der Waals surface area contributed by atoms with E-state index in [1.165, 1.54) is 18.8 Å². The topological polar surface area (TPSA) is 97.9 Å². The first-order valence-electron chi connectivity index (χ1n) is 8.60. The molecule has 0 atom stereocenters. The second kappa shape index (κ2) is 9.45. The number of H-pyrrole nitrogens is 1. The Balaban J connectivity index is 0.000000190. The monoisotopic (exact) mass is 380 g/mol. The second-order valence-corrected chi connectivity index (χ2v) is 6.61. The van der Waals surface area contributed by atoms with Gasteiger partial charge in [-0.2, -0.15) is 0 Å².